The first-order valence-corrected chi connectivity index (χ1v) is 4.68. The summed E-state index contributed by atoms with van der Waals surface area (Å²) in [5.41, 5.74) is -0.755. The van der Waals surface area contributed by atoms with E-state index in [0.29, 0.717) is 6.61 Å². The number of ether oxygens (including phenoxy) is 2. The number of hydrogen-bond donors (Lipinski definition) is 2. The van der Waals surface area contributed by atoms with Gasteiger partial charge in [0.05, 0.1) is 11.9 Å². The molecule has 1 saturated heterocycles. The van der Waals surface area contributed by atoms with E-state index in [1.807, 2.05) is 0 Å². The third-order valence-corrected chi connectivity index (χ3v) is 3.22. The van der Waals surface area contributed by atoms with Gasteiger partial charge in [-0.25, -0.2) is 0 Å². The molecule has 4 nitrogen and oxygen atoms in total. The number of rotatable bonds is 3. The molecule has 12 heavy (non-hydrogen) atoms. The van der Waals surface area contributed by atoms with E-state index in [0.717, 1.165) is 0 Å². The molecule has 5 heteroatoms. The van der Waals surface area contributed by atoms with Crippen molar-refractivity contribution in [3.63, 3.8) is 0 Å². The Hall–Kier alpha value is 0.190. The van der Waals surface area contributed by atoms with Crippen LogP contribution in [-0.4, -0.2) is 53.9 Å². The Kier molecular flexibility index (Phi) is 3.79. The van der Waals surface area contributed by atoms with E-state index >= 15 is 0 Å². The quantitative estimate of drug-likeness (QED) is 0.631. The van der Waals surface area contributed by atoms with Gasteiger partial charge in [-0.15, -0.1) is 11.8 Å². The average Bonchev–Trinajstić information content (AvgIpc) is 2.29. The number of hydrogen-bond acceptors (Lipinski definition) is 5. The zero-order valence-corrected chi connectivity index (χ0v) is 7.95. The highest BCUT2D eigenvalue weighted by atomic mass is 32.2. The van der Waals surface area contributed by atoms with Crippen LogP contribution >= 0.6 is 11.8 Å². The van der Waals surface area contributed by atoms with Crippen molar-refractivity contribution >= 4 is 11.8 Å². The zero-order chi connectivity index (χ0) is 9.14. The maximum Gasteiger partial charge on any atom is 0.128 e. The van der Waals surface area contributed by atoms with E-state index in [4.69, 9.17) is 9.47 Å². The molecule has 1 aliphatic heterocycles. The molecule has 1 heterocycles. The molecular weight excluding hydrogens is 180 g/mol. The van der Waals surface area contributed by atoms with Gasteiger partial charge >= 0.3 is 0 Å². The first kappa shape index (κ1) is 10.3. The van der Waals surface area contributed by atoms with Crippen molar-refractivity contribution in [2.24, 2.45) is 0 Å². The molecule has 0 aromatic carbocycles. The number of methoxy groups -OCH3 is 2. The lowest BCUT2D eigenvalue weighted by molar-refractivity contribution is -0.0420. The van der Waals surface area contributed by atoms with Crippen LogP contribution in [0.15, 0.2) is 0 Å². The highest BCUT2D eigenvalue weighted by Gasteiger charge is 2.42. The Balaban J connectivity index is 2.52. The molecule has 2 N–H and O–H groups in total. The van der Waals surface area contributed by atoms with E-state index in [1.54, 1.807) is 7.11 Å². The lowest BCUT2D eigenvalue weighted by Gasteiger charge is -2.18. The molecule has 0 spiro atoms. The molecule has 1 fully saturated rings. The molecule has 0 bridgehead atoms. The summed E-state index contributed by atoms with van der Waals surface area (Å²) >= 11 is 1.29. The lowest BCUT2D eigenvalue weighted by atomic mass is 10.1. The minimum Gasteiger partial charge on any atom is -0.387 e. The molecule has 1 unspecified atom stereocenters. The second-order valence-electron chi connectivity index (χ2n) is 2.71. The van der Waals surface area contributed by atoms with Crippen LogP contribution < -0.4 is 0 Å². The molecule has 72 valence electrons. The monoisotopic (exact) mass is 194 g/mol. The maximum atomic E-state index is 9.40. The fraction of sp³-hybridized carbons (Fsp3) is 1.00. The summed E-state index contributed by atoms with van der Waals surface area (Å²) in [7, 11) is 3.11. The molecule has 0 aliphatic carbocycles. The van der Waals surface area contributed by atoms with Crippen molar-refractivity contribution in [2.75, 3.05) is 20.8 Å². The summed E-state index contributed by atoms with van der Waals surface area (Å²) in [6, 6.07) is 0. The molecule has 1 aliphatic rings. The third kappa shape index (κ3) is 1.92. The van der Waals surface area contributed by atoms with Crippen molar-refractivity contribution in [3.05, 3.63) is 0 Å². The van der Waals surface area contributed by atoms with Gasteiger partial charge in [-0.2, -0.15) is 0 Å². The summed E-state index contributed by atoms with van der Waals surface area (Å²) in [6.07, 6.45) is -1.13. The minimum absolute atomic E-state index is 0.0185. The van der Waals surface area contributed by atoms with E-state index in [2.05, 4.69) is 0 Å². The van der Waals surface area contributed by atoms with Crippen LogP contribution in [0.1, 0.15) is 0 Å². The van der Waals surface area contributed by atoms with Crippen LogP contribution in [0.5, 0.6) is 0 Å². The molecule has 0 aromatic heterocycles. The van der Waals surface area contributed by atoms with E-state index < -0.39 is 11.5 Å². The molecule has 4 atom stereocenters. The fourth-order valence-corrected chi connectivity index (χ4v) is 2.62. The van der Waals surface area contributed by atoms with Crippen LogP contribution in [0.25, 0.3) is 0 Å². The van der Waals surface area contributed by atoms with Crippen LogP contribution in [0.4, 0.5) is 0 Å². The van der Waals surface area contributed by atoms with Crippen molar-refractivity contribution in [3.8, 4) is 0 Å². The zero-order valence-electron chi connectivity index (χ0n) is 7.14. The summed E-state index contributed by atoms with van der Waals surface area (Å²) in [4.78, 5) is 0. The van der Waals surface area contributed by atoms with Crippen molar-refractivity contribution in [2.45, 2.75) is 22.9 Å². The van der Waals surface area contributed by atoms with Gasteiger partial charge in [0, 0.05) is 14.2 Å². The Morgan fingerprint density at radius 1 is 1.33 bits per heavy atom. The maximum absolute atomic E-state index is 9.40. The van der Waals surface area contributed by atoms with Crippen LogP contribution in [0, 0.1) is 0 Å². The normalized spacial score (nSPS) is 42.0. The number of aliphatic hydroxyl groups is 2. The number of aliphatic hydroxyl groups excluding tert-OH is 2. The molecular formula is C7H14O4S. The second kappa shape index (κ2) is 4.43. The van der Waals surface area contributed by atoms with Gasteiger partial charge in [0.1, 0.15) is 17.6 Å². The van der Waals surface area contributed by atoms with Gasteiger partial charge in [0.15, 0.2) is 0 Å². The number of thioether (sulfide) groups is 1. The summed E-state index contributed by atoms with van der Waals surface area (Å²) in [5.74, 6) is 0. The first-order valence-electron chi connectivity index (χ1n) is 3.74. The fourth-order valence-electron chi connectivity index (χ4n) is 1.31. The Labute approximate surface area is 75.9 Å². The molecule has 0 radical (unpaired) electrons. The third-order valence-electron chi connectivity index (χ3n) is 1.91. The average molecular weight is 194 g/mol. The van der Waals surface area contributed by atoms with E-state index in [9.17, 15) is 10.2 Å². The Bertz CT molecular complexity index is 143. The van der Waals surface area contributed by atoms with Gasteiger partial charge < -0.3 is 19.7 Å². The van der Waals surface area contributed by atoms with Gasteiger partial charge in [0.2, 0.25) is 0 Å². The SMILES string of the molecule is COC[C@H]1SC(O)[C@@H](O)[C@@H]1OC. The Morgan fingerprint density at radius 2 is 2.00 bits per heavy atom. The summed E-state index contributed by atoms with van der Waals surface area (Å²) < 4.78 is 9.98. The minimum atomic E-state index is -0.805. The summed E-state index contributed by atoms with van der Waals surface area (Å²) in [5, 5.41) is 18.7. The van der Waals surface area contributed by atoms with Gasteiger partial charge in [-0.3, -0.25) is 0 Å². The highest BCUT2D eigenvalue weighted by Crippen LogP contribution is 2.34. The van der Waals surface area contributed by atoms with Crippen LogP contribution in [-0.2, 0) is 9.47 Å². The van der Waals surface area contributed by atoms with E-state index in [-0.39, 0.29) is 11.4 Å². The molecule has 0 aromatic rings. The second-order valence-corrected chi connectivity index (χ2v) is 4.07. The lowest BCUT2D eigenvalue weighted by Crippen LogP contribution is -2.35. The van der Waals surface area contributed by atoms with Crippen molar-refractivity contribution < 1.29 is 19.7 Å². The van der Waals surface area contributed by atoms with Gasteiger partial charge in [-0.1, -0.05) is 0 Å². The topological polar surface area (TPSA) is 58.9 Å². The largest absolute Gasteiger partial charge is 0.387 e. The smallest absolute Gasteiger partial charge is 0.128 e. The van der Waals surface area contributed by atoms with Gasteiger partial charge in [0.25, 0.3) is 0 Å². The van der Waals surface area contributed by atoms with Crippen LogP contribution in [0.3, 0.4) is 0 Å². The van der Waals surface area contributed by atoms with Gasteiger partial charge in [-0.05, 0) is 0 Å². The van der Waals surface area contributed by atoms with Crippen LogP contribution in [0.2, 0.25) is 0 Å². The predicted molar refractivity (Wildman–Crippen MR) is 46.1 cm³/mol. The molecule has 0 saturated carbocycles. The van der Waals surface area contributed by atoms with Crippen molar-refractivity contribution in [1.29, 1.82) is 0 Å². The molecule has 1 rings (SSSR count). The standard InChI is InChI=1S/C7H14O4S/c1-10-3-4-6(11-2)5(8)7(9)12-4/h4-9H,3H2,1-2H3/t4-,5+,6-,7?/m1/s1. The predicted octanol–water partition coefficient (Wildman–Crippen LogP) is -0.558. The first-order chi connectivity index (χ1) is 5.70. The Morgan fingerprint density at radius 3 is 2.50 bits per heavy atom. The molecule has 0 amide bonds. The van der Waals surface area contributed by atoms with E-state index in [1.165, 1.54) is 18.9 Å². The highest BCUT2D eigenvalue weighted by molar-refractivity contribution is 8.00. The summed E-state index contributed by atoms with van der Waals surface area (Å²) in [6.45, 7) is 0.483. The van der Waals surface area contributed by atoms with Crippen molar-refractivity contribution in [1.82, 2.24) is 0 Å².